The summed E-state index contributed by atoms with van der Waals surface area (Å²) in [6, 6.07) is 0. The van der Waals surface area contributed by atoms with Gasteiger partial charge < -0.3 is 4.42 Å². The van der Waals surface area contributed by atoms with Crippen molar-refractivity contribution in [3.8, 4) is 0 Å². The molecule has 0 saturated heterocycles. The predicted octanol–water partition coefficient (Wildman–Crippen LogP) is 4.10. The molecule has 2 heteroatoms. The minimum atomic E-state index is 0.616. The van der Waals surface area contributed by atoms with Gasteiger partial charge in [-0.2, -0.15) is 0 Å². The van der Waals surface area contributed by atoms with Gasteiger partial charge >= 0.3 is 0 Å². The number of rotatable bonds is 5. The van der Waals surface area contributed by atoms with Crippen LogP contribution >= 0.6 is 0 Å². The zero-order chi connectivity index (χ0) is 12.1. The molecule has 1 aliphatic rings. The van der Waals surface area contributed by atoms with Crippen LogP contribution in [0.4, 0.5) is 0 Å². The van der Waals surface area contributed by atoms with Crippen LogP contribution in [-0.2, 0) is 0 Å². The number of hydrogen-bond acceptors (Lipinski definition) is 2. The van der Waals surface area contributed by atoms with Gasteiger partial charge in [0, 0.05) is 6.08 Å². The van der Waals surface area contributed by atoms with Gasteiger partial charge in [0.25, 0.3) is 0 Å². The Morgan fingerprint density at radius 2 is 2.18 bits per heavy atom. The second-order valence-electron chi connectivity index (χ2n) is 4.15. The average molecular weight is 227 g/mol. The highest BCUT2D eigenvalue weighted by Gasteiger charge is 2.31. The Kier molecular flexibility index (Phi) is 3.76. The molecular weight excluding hydrogens is 210 g/mol. The maximum atomic E-state index is 5.22. The lowest BCUT2D eigenvalue weighted by atomic mass is 10.2. The summed E-state index contributed by atoms with van der Waals surface area (Å²) in [5.74, 6) is 2.08. The summed E-state index contributed by atoms with van der Waals surface area (Å²) in [6.45, 7) is 5.70. The lowest BCUT2D eigenvalue weighted by molar-refractivity contribution is 0.546. The molecule has 0 bridgehead atoms. The monoisotopic (exact) mass is 227 g/mol. The van der Waals surface area contributed by atoms with E-state index in [1.54, 1.807) is 12.3 Å². The molecule has 1 aromatic heterocycles. The van der Waals surface area contributed by atoms with E-state index in [4.69, 9.17) is 4.42 Å². The van der Waals surface area contributed by atoms with E-state index in [0.29, 0.717) is 11.8 Å². The van der Waals surface area contributed by atoms with Crippen LogP contribution in [0.25, 0.3) is 12.2 Å². The quantitative estimate of drug-likeness (QED) is 0.559. The molecule has 2 unspecified atom stereocenters. The van der Waals surface area contributed by atoms with Gasteiger partial charge in [-0.3, -0.25) is 0 Å². The third-order valence-corrected chi connectivity index (χ3v) is 2.79. The van der Waals surface area contributed by atoms with Gasteiger partial charge in [0.15, 0.2) is 0 Å². The lowest BCUT2D eigenvalue weighted by Gasteiger charge is -1.83. The lowest BCUT2D eigenvalue weighted by Crippen LogP contribution is -1.72. The summed E-state index contributed by atoms with van der Waals surface area (Å²) in [5.41, 5.74) is 0.768. The molecule has 17 heavy (non-hydrogen) atoms. The molecule has 2 nitrogen and oxygen atoms in total. The van der Waals surface area contributed by atoms with Crippen LogP contribution in [0.5, 0.6) is 0 Å². The van der Waals surface area contributed by atoms with Gasteiger partial charge in [-0.1, -0.05) is 37.0 Å². The average Bonchev–Trinajstić information content (AvgIpc) is 2.91. The molecule has 0 N–H and O–H groups in total. The maximum Gasteiger partial charge on any atom is 0.219 e. The largest absolute Gasteiger partial charge is 0.444 e. The molecule has 2 rings (SSSR count). The van der Waals surface area contributed by atoms with Crippen LogP contribution in [0.1, 0.15) is 24.9 Å². The molecule has 1 heterocycles. The van der Waals surface area contributed by atoms with E-state index in [9.17, 15) is 0 Å². The van der Waals surface area contributed by atoms with Crippen LogP contribution in [0.2, 0.25) is 0 Å². The Balaban J connectivity index is 1.82. The smallest absolute Gasteiger partial charge is 0.219 e. The molecule has 0 aliphatic heterocycles. The van der Waals surface area contributed by atoms with E-state index in [-0.39, 0.29) is 0 Å². The molecule has 1 fully saturated rings. The molecule has 0 amide bonds. The third-order valence-electron chi connectivity index (χ3n) is 2.79. The molecule has 2 atom stereocenters. The van der Waals surface area contributed by atoms with E-state index >= 15 is 0 Å². The van der Waals surface area contributed by atoms with Crippen molar-refractivity contribution in [1.82, 2.24) is 4.98 Å². The molecule has 88 valence electrons. The van der Waals surface area contributed by atoms with E-state index in [1.807, 2.05) is 12.2 Å². The Labute approximate surface area is 102 Å². The highest BCUT2D eigenvalue weighted by atomic mass is 16.3. The van der Waals surface area contributed by atoms with Gasteiger partial charge in [-0.15, -0.1) is 0 Å². The zero-order valence-electron chi connectivity index (χ0n) is 10.0. The maximum absolute atomic E-state index is 5.22. The molecule has 0 aromatic carbocycles. The van der Waals surface area contributed by atoms with Crippen molar-refractivity contribution in [3.63, 3.8) is 0 Å². The first-order chi connectivity index (χ1) is 8.33. The van der Waals surface area contributed by atoms with E-state index in [2.05, 4.69) is 42.8 Å². The Hall–Kier alpha value is -1.83. The molecular formula is C15H17NO. The summed E-state index contributed by atoms with van der Waals surface area (Å²) < 4.78 is 5.22. The number of hydrogen-bond donors (Lipinski definition) is 0. The first-order valence-corrected chi connectivity index (χ1v) is 5.89. The third kappa shape index (κ3) is 3.31. The van der Waals surface area contributed by atoms with E-state index in [1.165, 1.54) is 6.42 Å². The molecule has 0 spiro atoms. The summed E-state index contributed by atoms with van der Waals surface area (Å²) in [6.07, 6.45) is 17.0. The fraction of sp³-hybridized carbons (Fsp3) is 0.267. The van der Waals surface area contributed by atoms with Crippen molar-refractivity contribution in [2.24, 2.45) is 11.8 Å². The fourth-order valence-corrected chi connectivity index (χ4v) is 1.74. The number of allylic oxidation sites excluding steroid dienone is 5. The minimum Gasteiger partial charge on any atom is -0.444 e. The highest BCUT2D eigenvalue weighted by Crippen LogP contribution is 2.40. The standard InChI is InChI=1S/C15H17NO/c1-3-7-12-10-13(12)8-5-6-9-15-16-14(4-2)11-17-15/h3-9,11-13H,2,10H2,1H3/b7-3-,8-5+,9-6+. The van der Waals surface area contributed by atoms with Crippen LogP contribution in [0.15, 0.2) is 47.6 Å². The summed E-state index contributed by atoms with van der Waals surface area (Å²) in [4.78, 5) is 4.19. The minimum absolute atomic E-state index is 0.616. The van der Waals surface area contributed by atoms with Crippen LogP contribution in [0.3, 0.4) is 0 Å². The van der Waals surface area contributed by atoms with Crippen LogP contribution < -0.4 is 0 Å². The molecule has 1 saturated carbocycles. The van der Waals surface area contributed by atoms with Crippen molar-refractivity contribution < 1.29 is 4.42 Å². The SMILES string of the molecule is C=Cc1coc(/C=C/C=C/C2CC2/C=C\C)n1. The van der Waals surface area contributed by atoms with Crippen molar-refractivity contribution >= 4 is 12.2 Å². The Bertz CT molecular complexity index is 465. The van der Waals surface area contributed by atoms with Crippen molar-refractivity contribution in [3.05, 3.63) is 54.8 Å². The molecule has 1 aromatic rings. The number of nitrogens with zero attached hydrogens (tertiary/aromatic N) is 1. The van der Waals surface area contributed by atoms with Crippen LogP contribution in [0, 0.1) is 11.8 Å². The van der Waals surface area contributed by atoms with Gasteiger partial charge in [0.2, 0.25) is 5.89 Å². The number of aromatic nitrogens is 1. The predicted molar refractivity (Wildman–Crippen MR) is 71.2 cm³/mol. The first kappa shape index (κ1) is 11.6. The fourth-order valence-electron chi connectivity index (χ4n) is 1.74. The van der Waals surface area contributed by atoms with Crippen molar-refractivity contribution in [1.29, 1.82) is 0 Å². The van der Waals surface area contributed by atoms with Gasteiger partial charge in [-0.25, -0.2) is 4.98 Å². The van der Waals surface area contributed by atoms with Gasteiger partial charge in [-0.05, 0) is 31.3 Å². The topological polar surface area (TPSA) is 26.0 Å². The second-order valence-corrected chi connectivity index (χ2v) is 4.15. The van der Waals surface area contributed by atoms with Crippen molar-refractivity contribution in [2.75, 3.05) is 0 Å². The second kappa shape index (κ2) is 5.48. The Morgan fingerprint density at radius 3 is 2.88 bits per heavy atom. The van der Waals surface area contributed by atoms with E-state index < -0.39 is 0 Å². The zero-order valence-corrected chi connectivity index (χ0v) is 10.0. The summed E-state index contributed by atoms with van der Waals surface area (Å²) in [7, 11) is 0. The van der Waals surface area contributed by atoms with Gasteiger partial charge in [0.1, 0.15) is 12.0 Å². The Morgan fingerprint density at radius 1 is 1.35 bits per heavy atom. The first-order valence-electron chi connectivity index (χ1n) is 5.89. The molecule has 1 aliphatic carbocycles. The van der Waals surface area contributed by atoms with Crippen LogP contribution in [-0.4, -0.2) is 4.98 Å². The van der Waals surface area contributed by atoms with Crippen molar-refractivity contribution in [2.45, 2.75) is 13.3 Å². The summed E-state index contributed by atoms with van der Waals surface area (Å²) >= 11 is 0. The van der Waals surface area contributed by atoms with Gasteiger partial charge in [0.05, 0.1) is 0 Å². The van der Waals surface area contributed by atoms with E-state index in [0.717, 1.165) is 11.6 Å². The summed E-state index contributed by atoms with van der Waals surface area (Å²) in [5, 5.41) is 0. The molecule has 0 radical (unpaired) electrons. The number of oxazole rings is 1. The normalized spacial score (nSPS) is 24.1. The highest BCUT2D eigenvalue weighted by molar-refractivity contribution is 5.46.